The highest BCUT2D eigenvalue weighted by Crippen LogP contribution is 2.37. The second kappa shape index (κ2) is 5.01. The van der Waals surface area contributed by atoms with Gasteiger partial charge in [0.05, 0.1) is 5.71 Å². The molecule has 1 N–H and O–H groups in total. The van der Waals surface area contributed by atoms with Gasteiger partial charge in [-0.25, -0.2) is 4.79 Å². The maximum Gasteiger partial charge on any atom is 0.446 e. The Bertz CT molecular complexity index is 556. The molecule has 1 aromatic rings. The van der Waals surface area contributed by atoms with E-state index < -0.39 is 17.1 Å². The Hall–Kier alpha value is -1.70. The number of nitrogens with zero attached hydrogens (tertiary/aromatic N) is 1. The van der Waals surface area contributed by atoms with Gasteiger partial charge in [0.1, 0.15) is 0 Å². The molecular formula is C12H10F3NO3S. The van der Waals surface area contributed by atoms with Crippen LogP contribution < -0.4 is 0 Å². The third kappa shape index (κ3) is 3.24. The molecule has 108 valence electrons. The van der Waals surface area contributed by atoms with E-state index in [0.717, 1.165) is 0 Å². The van der Waals surface area contributed by atoms with Crippen molar-refractivity contribution in [1.82, 2.24) is 0 Å². The molecule has 1 aliphatic heterocycles. The summed E-state index contributed by atoms with van der Waals surface area (Å²) < 4.78 is 36.6. The number of carbonyl (C=O) groups is 1. The van der Waals surface area contributed by atoms with E-state index in [2.05, 4.69) is 5.16 Å². The van der Waals surface area contributed by atoms with E-state index in [1.54, 1.807) is 0 Å². The van der Waals surface area contributed by atoms with Crippen molar-refractivity contribution in [2.45, 2.75) is 29.3 Å². The average Bonchev–Trinajstić information content (AvgIpc) is 2.72. The van der Waals surface area contributed by atoms with Crippen LogP contribution in [0.2, 0.25) is 0 Å². The summed E-state index contributed by atoms with van der Waals surface area (Å²) in [7, 11) is 0. The van der Waals surface area contributed by atoms with Gasteiger partial charge < -0.3 is 9.94 Å². The molecule has 0 radical (unpaired) electrons. The minimum atomic E-state index is -4.34. The number of alkyl halides is 3. The van der Waals surface area contributed by atoms with E-state index in [1.807, 2.05) is 0 Å². The van der Waals surface area contributed by atoms with Crippen LogP contribution in [0, 0.1) is 0 Å². The Morgan fingerprint density at radius 2 is 2.00 bits per heavy atom. The highest BCUT2D eigenvalue weighted by Gasteiger charge is 2.42. The quantitative estimate of drug-likeness (QED) is 0.871. The summed E-state index contributed by atoms with van der Waals surface area (Å²) >= 11 is -0.209. The Morgan fingerprint density at radius 3 is 2.45 bits per heavy atom. The van der Waals surface area contributed by atoms with Crippen LogP contribution in [0.1, 0.15) is 18.9 Å². The summed E-state index contributed by atoms with van der Waals surface area (Å²) in [6.45, 7) is 1.39. The number of oxime groups is 1. The van der Waals surface area contributed by atoms with Crippen LogP contribution in [0.4, 0.5) is 13.2 Å². The van der Waals surface area contributed by atoms with E-state index >= 15 is 0 Å². The van der Waals surface area contributed by atoms with Gasteiger partial charge >= 0.3 is 11.5 Å². The molecular weight excluding hydrogens is 295 g/mol. The topological polar surface area (TPSA) is 58.9 Å². The van der Waals surface area contributed by atoms with Crippen LogP contribution in [-0.2, 0) is 9.63 Å². The molecule has 0 bridgehead atoms. The van der Waals surface area contributed by atoms with Crippen LogP contribution in [0.15, 0.2) is 34.3 Å². The Kier molecular flexibility index (Phi) is 3.68. The van der Waals surface area contributed by atoms with E-state index in [9.17, 15) is 18.0 Å². The summed E-state index contributed by atoms with van der Waals surface area (Å²) in [5.41, 5.74) is -4.81. The molecule has 0 fully saturated rings. The van der Waals surface area contributed by atoms with Gasteiger partial charge in [-0.1, -0.05) is 17.3 Å². The summed E-state index contributed by atoms with van der Waals surface area (Å²) in [5.74, 6) is -1.14. The summed E-state index contributed by atoms with van der Waals surface area (Å²) in [6, 6.07) is 5.55. The minimum Gasteiger partial charge on any atom is -0.478 e. The maximum absolute atomic E-state index is 12.2. The molecule has 1 unspecified atom stereocenters. The van der Waals surface area contributed by atoms with Crippen LogP contribution in [-0.4, -0.2) is 27.9 Å². The second-order valence-electron chi connectivity index (χ2n) is 4.41. The number of hydrogen-bond donors (Lipinski definition) is 1. The van der Waals surface area contributed by atoms with Gasteiger partial charge in [-0.3, -0.25) is 0 Å². The zero-order valence-corrected chi connectivity index (χ0v) is 11.1. The predicted octanol–water partition coefficient (Wildman–Crippen LogP) is 3.27. The number of halogens is 3. The van der Waals surface area contributed by atoms with Crippen molar-refractivity contribution in [3.8, 4) is 0 Å². The molecule has 1 atom stereocenters. The Balaban J connectivity index is 2.11. The fourth-order valence-electron chi connectivity index (χ4n) is 1.66. The van der Waals surface area contributed by atoms with Crippen molar-refractivity contribution in [1.29, 1.82) is 0 Å². The van der Waals surface area contributed by atoms with Crippen molar-refractivity contribution in [3.63, 3.8) is 0 Å². The molecule has 0 aliphatic carbocycles. The van der Waals surface area contributed by atoms with Crippen LogP contribution in [0.5, 0.6) is 0 Å². The molecule has 2 rings (SSSR count). The second-order valence-corrected chi connectivity index (χ2v) is 5.55. The maximum atomic E-state index is 12.2. The Morgan fingerprint density at radius 1 is 1.40 bits per heavy atom. The minimum absolute atomic E-state index is 0.0572. The standard InChI is InChI=1S/C12H10F3NO3S/c1-11(10(17)18)6-9(16-19-11)7-2-4-8(5-3-7)20-12(13,14)15/h2-5H,6H2,1H3,(H,17,18). The van der Waals surface area contributed by atoms with Gasteiger partial charge in [0.15, 0.2) is 0 Å². The predicted molar refractivity (Wildman–Crippen MR) is 66.6 cm³/mol. The lowest BCUT2D eigenvalue weighted by molar-refractivity contribution is -0.160. The molecule has 1 heterocycles. The van der Waals surface area contributed by atoms with E-state index in [-0.39, 0.29) is 23.1 Å². The van der Waals surface area contributed by atoms with Crippen LogP contribution >= 0.6 is 11.8 Å². The number of carboxylic acid groups (broad SMARTS) is 1. The van der Waals surface area contributed by atoms with Crippen LogP contribution in [0.3, 0.4) is 0 Å². The average molecular weight is 305 g/mol. The normalized spacial score (nSPS) is 22.3. The summed E-state index contributed by atoms with van der Waals surface area (Å²) in [6.07, 6.45) is 0.0636. The summed E-state index contributed by atoms with van der Waals surface area (Å²) in [5, 5.41) is 12.7. The van der Waals surface area contributed by atoms with Gasteiger partial charge in [-0.05, 0) is 36.4 Å². The van der Waals surface area contributed by atoms with E-state index in [1.165, 1.54) is 31.2 Å². The van der Waals surface area contributed by atoms with Crippen LogP contribution in [0.25, 0.3) is 0 Å². The zero-order chi connectivity index (χ0) is 15.0. The number of rotatable bonds is 3. The smallest absolute Gasteiger partial charge is 0.446 e. The van der Waals surface area contributed by atoms with E-state index in [4.69, 9.17) is 9.94 Å². The lowest BCUT2D eigenvalue weighted by atomic mass is 9.96. The molecule has 8 heteroatoms. The number of hydrogen-bond acceptors (Lipinski definition) is 4. The first-order chi connectivity index (χ1) is 9.20. The van der Waals surface area contributed by atoms with Gasteiger partial charge in [0.2, 0.25) is 5.60 Å². The number of thioether (sulfide) groups is 1. The lowest BCUT2D eigenvalue weighted by Crippen LogP contribution is -2.35. The third-order valence-electron chi connectivity index (χ3n) is 2.74. The molecule has 0 saturated heterocycles. The van der Waals surface area contributed by atoms with Gasteiger partial charge in [0.25, 0.3) is 0 Å². The molecule has 0 saturated carbocycles. The largest absolute Gasteiger partial charge is 0.478 e. The number of benzene rings is 1. The van der Waals surface area contributed by atoms with Crippen molar-refractivity contribution in [2.24, 2.45) is 5.16 Å². The number of aliphatic carboxylic acids is 1. The monoisotopic (exact) mass is 305 g/mol. The fraction of sp³-hybridized carbons (Fsp3) is 0.333. The molecule has 20 heavy (non-hydrogen) atoms. The molecule has 4 nitrogen and oxygen atoms in total. The highest BCUT2D eigenvalue weighted by molar-refractivity contribution is 8.00. The van der Waals surface area contributed by atoms with Crippen molar-refractivity contribution in [3.05, 3.63) is 29.8 Å². The van der Waals surface area contributed by atoms with Gasteiger partial charge in [0, 0.05) is 11.3 Å². The molecule has 0 aromatic heterocycles. The molecule has 1 aromatic carbocycles. The lowest BCUT2D eigenvalue weighted by Gasteiger charge is -2.14. The van der Waals surface area contributed by atoms with Gasteiger partial charge in [-0.15, -0.1) is 0 Å². The first-order valence-electron chi connectivity index (χ1n) is 5.54. The van der Waals surface area contributed by atoms with Crippen molar-refractivity contribution >= 4 is 23.4 Å². The Labute approximate surface area is 116 Å². The number of carboxylic acids is 1. The van der Waals surface area contributed by atoms with Crippen molar-refractivity contribution in [2.75, 3.05) is 0 Å². The van der Waals surface area contributed by atoms with E-state index in [0.29, 0.717) is 11.3 Å². The van der Waals surface area contributed by atoms with Gasteiger partial charge in [-0.2, -0.15) is 13.2 Å². The van der Waals surface area contributed by atoms with Crippen molar-refractivity contribution < 1.29 is 27.9 Å². The molecule has 0 spiro atoms. The molecule has 0 amide bonds. The molecule has 1 aliphatic rings. The third-order valence-corrected chi connectivity index (χ3v) is 3.47. The summed E-state index contributed by atoms with van der Waals surface area (Å²) in [4.78, 5) is 15.9. The first-order valence-corrected chi connectivity index (χ1v) is 6.36. The SMILES string of the molecule is CC1(C(=O)O)CC(c2ccc(SC(F)(F)F)cc2)=NO1. The first kappa shape index (κ1) is 14.7. The fourth-order valence-corrected chi connectivity index (χ4v) is 2.20. The highest BCUT2D eigenvalue weighted by atomic mass is 32.2. The zero-order valence-electron chi connectivity index (χ0n) is 10.3.